The summed E-state index contributed by atoms with van der Waals surface area (Å²) in [5.41, 5.74) is 6.05. The number of anilines is 1. The highest BCUT2D eigenvalue weighted by atomic mass is 16.5. The van der Waals surface area contributed by atoms with Gasteiger partial charge in [-0.05, 0) is 84.4 Å². The second kappa shape index (κ2) is 25.4. The fourth-order valence-corrected chi connectivity index (χ4v) is 10.1. The number of imide groups is 1. The molecule has 0 aliphatic carbocycles. The van der Waals surface area contributed by atoms with Crippen LogP contribution in [0.25, 0.3) is 11.1 Å². The lowest BCUT2D eigenvalue weighted by molar-refractivity contribution is -0.137. The van der Waals surface area contributed by atoms with Gasteiger partial charge in [-0.2, -0.15) is 0 Å². The van der Waals surface area contributed by atoms with Gasteiger partial charge in [0.25, 0.3) is 23.6 Å². The highest BCUT2D eigenvalue weighted by Gasteiger charge is 2.36. The molecule has 0 radical (unpaired) electrons. The number of hydrogen-bond donors (Lipinski definition) is 3. The Bertz CT molecular complexity index is 3330. The van der Waals surface area contributed by atoms with Crippen LogP contribution in [0.3, 0.4) is 0 Å². The van der Waals surface area contributed by atoms with Crippen molar-refractivity contribution in [3.05, 3.63) is 125 Å². The molecule has 82 heavy (non-hydrogen) atoms. The quantitative estimate of drug-likeness (QED) is 0.0374. The number of unbranched alkanes of at least 4 members (excludes halogenated alkanes) is 2. The summed E-state index contributed by atoms with van der Waals surface area (Å²) >= 11 is 0. The van der Waals surface area contributed by atoms with Gasteiger partial charge in [-0.15, -0.1) is 0 Å². The van der Waals surface area contributed by atoms with E-state index in [-0.39, 0.29) is 73.7 Å². The molecule has 5 aliphatic heterocycles. The first-order chi connectivity index (χ1) is 39.5. The number of carbonyl (C=O) groups excluding carboxylic acids is 8. The number of aliphatic imine (C=N–C) groups is 2. The average molecular weight is 1120 g/mol. The minimum atomic E-state index is -0.931. The number of benzene rings is 4. The summed E-state index contributed by atoms with van der Waals surface area (Å²) in [6, 6.07) is 18.4. The Labute approximate surface area is 474 Å². The number of rotatable bonds is 23. The topological polar surface area (TPSA) is 253 Å². The van der Waals surface area contributed by atoms with Gasteiger partial charge in [0.2, 0.25) is 17.7 Å². The Balaban J connectivity index is 0.739. The highest BCUT2D eigenvalue weighted by molar-refractivity contribution is 6.13. The molecule has 21 nitrogen and oxygen atoms in total. The molecule has 4 atom stereocenters. The van der Waals surface area contributed by atoms with Gasteiger partial charge < -0.3 is 49.4 Å². The zero-order valence-electron chi connectivity index (χ0n) is 46.4. The zero-order chi connectivity index (χ0) is 58.2. The molecule has 0 aromatic heterocycles. The molecule has 0 bridgehead atoms. The van der Waals surface area contributed by atoms with Crippen molar-refractivity contribution in [2.75, 3.05) is 46.4 Å². The van der Waals surface area contributed by atoms with Crippen LogP contribution < -0.4 is 34.9 Å². The first kappa shape index (κ1) is 57.3. The summed E-state index contributed by atoms with van der Waals surface area (Å²) in [6.07, 6.45) is 12.9. The van der Waals surface area contributed by atoms with E-state index in [1.54, 1.807) is 97.7 Å². The third kappa shape index (κ3) is 12.8. The van der Waals surface area contributed by atoms with Gasteiger partial charge >= 0.3 is 5.97 Å². The molecule has 0 spiro atoms. The van der Waals surface area contributed by atoms with Crippen LogP contribution >= 0.6 is 0 Å². The number of carbonyl (C=O) groups is 8. The average Bonchev–Trinajstić information content (AvgIpc) is 4.01. The summed E-state index contributed by atoms with van der Waals surface area (Å²) in [6.45, 7) is 5.89. The molecule has 5 heterocycles. The van der Waals surface area contributed by atoms with E-state index in [1.165, 1.54) is 33.5 Å². The van der Waals surface area contributed by atoms with Crippen molar-refractivity contribution in [3.63, 3.8) is 0 Å². The third-order valence-corrected chi connectivity index (χ3v) is 14.6. The molecular formula is C61H64N8O13. The lowest BCUT2D eigenvalue weighted by Gasteiger charge is -2.24. The van der Waals surface area contributed by atoms with E-state index < -0.39 is 29.9 Å². The van der Waals surface area contributed by atoms with Gasteiger partial charge in [-0.1, -0.05) is 44.5 Å². The Hall–Kier alpha value is -9.40. The normalized spacial score (nSPS) is 17.4. The molecule has 5 aliphatic rings. The molecule has 9 rings (SSSR count). The van der Waals surface area contributed by atoms with Crippen molar-refractivity contribution < 1.29 is 62.0 Å². The van der Waals surface area contributed by atoms with E-state index in [2.05, 4.69) is 16.0 Å². The number of methoxy groups -OCH3 is 3. The SMILES string of the molecule is COC(=O)c1ccc(C2=CN3C(=O)c4cc(OC)c(OCCCOc5cc6c(cc5OC)C(=O)N5C=C(c7ccc(NC(=O)[C@H](C)NC(=O)[C@@H](NC(=O)CCCCCN8C(=O)C=CC8=O)C(C)C)cc7)C[C@H]5C=N6)cc4N=C[C@@H]3C2)cc1. The van der Waals surface area contributed by atoms with E-state index in [9.17, 15) is 38.4 Å². The van der Waals surface area contributed by atoms with Gasteiger partial charge in [-0.3, -0.25) is 48.4 Å². The molecular weight excluding hydrogens is 1050 g/mol. The zero-order valence-corrected chi connectivity index (χ0v) is 46.4. The van der Waals surface area contributed by atoms with Crippen LogP contribution in [0.2, 0.25) is 0 Å². The predicted octanol–water partition coefficient (Wildman–Crippen LogP) is 7.35. The van der Waals surface area contributed by atoms with Crippen molar-refractivity contribution in [2.24, 2.45) is 15.9 Å². The summed E-state index contributed by atoms with van der Waals surface area (Å²) in [4.78, 5) is 117. The van der Waals surface area contributed by atoms with Crippen molar-refractivity contribution in [1.29, 1.82) is 0 Å². The monoisotopic (exact) mass is 1120 g/mol. The number of amides is 7. The number of nitrogens with one attached hydrogen (secondary N) is 3. The molecule has 426 valence electrons. The summed E-state index contributed by atoms with van der Waals surface area (Å²) in [7, 11) is 4.33. The van der Waals surface area contributed by atoms with Crippen LogP contribution in [-0.4, -0.2) is 140 Å². The van der Waals surface area contributed by atoms with Crippen LogP contribution in [0.1, 0.15) is 108 Å². The Morgan fingerprint density at radius 2 is 1.15 bits per heavy atom. The van der Waals surface area contributed by atoms with Gasteiger partial charge in [0.1, 0.15) is 12.1 Å². The standard InChI is InChI=1S/C61H64N8O13/c1-35(2)56(66-53(70)11-8-7-9-22-67-54(71)20-21-55(67)72)58(74)64-36(3)57(73)65-42-18-16-38(17-19-42)41-26-44-32-63-48-30-52(50(79-5)28-46(48)60(76)69(44)34-41)82-24-10-23-81-51-29-47-45(27-49(51)78-4)59(75)68-33-40(25-43(68)31-62-47)37-12-14-39(15-13-37)61(77)80-6/h12-21,27-36,43-44,56H,7-11,22-26H2,1-6H3,(H,64,74)(H,65,73)(H,66,70)/t36-,43-,44-,56-/m0/s1. The Morgan fingerprint density at radius 3 is 1.65 bits per heavy atom. The largest absolute Gasteiger partial charge is 0.493 e. The van der Waals surface area contributed by atoms with Crippen molar-refractivity contribution in [2.45, 2.75) is 89.9 Å². The van der Waals surface area contributed by atoms with Crippen molar-refractivity contribution in [3.8, 4) is 23.0 Å². The number of fused-ring (bicyclic) bond motifs is 4. The maximum Gasteiger partial charge on any atom is 0.337 e. The van der Waals surface area contributed by atoms with Gasteiger partial charge in [-0.25, -0.2) is 4.79 Å². The lowest BCUT2D eigenvalue weighted by atomic mass is 10.0. The molecule has 3 N–H and O–H groups in total. The minimum absolute atomic E-state index is 0.159. The van der Waals surface area contributed by atoms with Crippen molar-refractivity contribution >= 4 is 88.0 Å². The fraction of sp³-hybridized carbons (Fsp3) is 0.344. The van der Waals surface area contributed by atoms with E-state index in [0.29, 0.717) is 95.3 Å². The van der Waals surface area contributed by atoms with E-state index in [4.69, 9.17) is 33.7 Å². The molecule has 0 saturated heterocycles. The van der Waals surface area contributed by atoms with E-state index in [0.717, 1.165) is 27.2 Å². The maximum atomic E-state index is 14.1. The molecule has 7 amide bonds. The second-order valence-electron chi connectivity index (χ2n) is 20.6. The number of ether oxygens (including phenoxy) is 5. The Kier molecular flexibility index (Phi) is 17.7. The van der Waals surface area contributed by atoms with Gasteiger partial charge in [0, 0.05) is 87.0 Å². The van der Waals surface area contributed by atoms with Crippen LogP contribution in [-0.2, 0) is 28.7 Å². The molecule has 4 aromatic rings. The highest BCUT2D eigenvalue weighted by Crippen LogP contribution is 2.42. The summed E-state index contributed by atoms with van der Waals surface area (Å²) in [5, 5.41) is 8.33. The maximum absolute atomic E-state index is 14.1. The fourth-order valence-electron chi connectivity index (χ4n) is 10.1. The summed E-state index contributed by atoms with van der Waals surface area (Å²) in [5.74, 6) is -1.61. The van der Waals surface area contributed by atoms with Gasteiger partial charge in [0.15, 0.2) is 23.0 Å². The van der Waals surface area contributed by atoms with Crippen LogP contribution in [0.15, 0.2) is 107 Å². The molecule has 0 saturated carbocycles. The number of esters is 1. The Morgan fingerprint density at radius 1 is 0.622 bits per heavy atom. The second-order valence-corrected chi connectivity index (χ2v) is 20.6. The van der Waals surface area contributed by atoms with Crippen LogP contribution in [0, 0.1) is 5.92 Å². The lowest BCUT2D eigenvalue weighted by Crippen LogP contribution is -2.53. The minimum Gasteiger partial charge on any atom is -0.493 e. The van der Waals surface area contributed by atoms with Crippen LogP contribution in [0.4, 0.5) is 17.1 Å². The summed E-state index contributed by atoms with van der Waals surface area (Å²) < 4.78 is 28.5. The van der Waals surface area contributed by atoms with Gasteiger partial charge in [0.05, 0.1) is 74.7 Å². The molecule has 0 unspecified atom stereocenters. The van der Waals surface area contributed by atoms with Crippen molar-refractivity contribution in [1.82, 2.24) is 25.3 Å². The smallest absolute Gasteiger partial charge is 0.337 e. The third-order valence-electron chi connectivity index (χ3n) is 14.6. The predicted molar refractivity (Wildman–Crippen MR) is 305 cm³/mol. The van der Waals surface area contributed by atoms with E-state index >= 15 is 0 Å². The molecule has 0 fully saturated rings. The number of nitrogens with zero attached hydrogens (tertiary/aromatic N) is 5. The molecule has 4 aromatic carbocycles. The first-order valence-electron chi connectivity index (χ1n) is 27.1. The first-order valence-corrected chi connectivity index (χ1v) is 27.1. The molecule has 21 heteroatoms. The number of hydrogen-bond acceptors (Lipinski definition) is 15. The van der Waals surface area contributed by atoms with E-state index in [1.807, 2.05) is 30.5 Å². The van der Waals surface area contributed by atoms with Crippen LogP contribution in [0.5, 0.6) is 23.0 Å².